The summed E-state index contributed by atoms with van der Waals surface area (Å²) in [5.74, 6) is 0. The van der Waals surface area contributed by atoms with E-state index in [-0.39, 0.29) is 6.35 Å². The molecule has 0 aromatic carbocycles. The molecular weight excluding hydrogens is 134 g/mol. The van der Waals surface area contributed by atoms with Gasteiger partial charge >= 0.3 is 16.5 Å². The van der Waals surface area contributed by atoms with Crippen LogP contribution in [0.5, 0.6) is 0 Å². The molecule has 1 atom stereocenters. The molecule has 40 valence electrons. The molecule has 0 aliphatic carbocycles. The van der Waals surface area contributed by atoms with Crippen molar-refractivity contribution in [1.82, 2.24) is 0 Å². The minimum Gasteiger partial charge on any atom is -0.245 e. The monoisotopic (exact) mass is 139 g/mol. The van der Waals surface area contributed by atoms with Crippen molar-refractivity contribution < 1.29 is 13.7 Å². The van der Waals surface area contributed by atoms with E-state index in [2.05, 4.69) is 4.52 Å². The van der Waals surface area contributed by atoms with Gasteiger partial charge in [0, 0.05) is 0 Å². The van der Waals surface area contributed by atoms with Crippen LogP contribution in [0.2, 0.25) is 0 Å². The zero-order valence-electron chi connectivity index (χ0n) is 3.83. The first-order chi connectivity index (χ1) is 3.27. The van der Waals surface area contributed by atoms with E-state index >= 15 is 0 Å². The molecule has 3 nitrogen and oxygen atoms in total. The second-order valence-corrected chi connectivity index (χ2v) is 2.88. The van der Waals surface area contributed by atoms with Gasteiger partial charge < -0.3 is 0 Å². The lowest BCUT2D eigenvalue weighted by Crippen LogP contribution is -1.69. The van der Waals surface area contributed by atoms with Crippen LogP contribution < -0.4 is 0 Å². The van der Waals surface area contributed by atoms with Crippen LogP contribution in [-0.4, -0.2) is 13.0 Å². The smallest absolute Gasteiger partial charge is 0.245 e. The van der Waals surface area contributed by atoms with Gasteiger partial charge in [0.2, 0.25) is 0 Å². The molecule has 0 spiro atoms. The molecule has 0 N–H and O–H groups in total. The second-order valence-electron chi connectivity index (χ2n) is 0.961. The highest BCUT2D eigenvalue weighted by Gasteiger charge is 2.02. The van der Waals surface area contributed by atoms with Crippen LogP contribution in [0.4, 0.5) is 0 Å². The van der Waals surface area contributed by atoms with Crippen LogP contribution in [0.25, 0.3) is 0 Å². The third-order valence-electron chi connectivity index (χ3n) is 0.292. The molecule has 0 radical (unpaired) electrons. The summed E-state index contributed by atoms with van der Waals surface area (Å²) in [5, 5.41) is 0. The van der Waals surface area contributed by atoms with Crippen molar-refractivity contribution in [2.45, 2.75) is 0 Å². The van der Waals surface area contributed by atoms with E-state index in [0.717, 1.165) is 0 Å². The van der Waals surface area contributed by atoms with Crippen molar-refractivity contribution in [2.24, 2.45) is 0 Å². The molecule has 0 saturated heterocycles. The molecule has 0 amide bonds. The van der Waals surface area contributed by atoms with Gasteiger partial charge in [0.25, 0.3) is 6.35 Å². The summed E-state index contributed by atoms with van der Waals surface area (Å²) < 4.78 is 23.8. The molecule has 0 aromatic heterocycles. The van der Waals surface area contributed by atoms with Gasteiger partial charge in [-0.3, -0.25) is 0 Å². The van der Waals surface area contributed by atoms with E-state index in [9.17, 15) is 9.13 Å². The normalized spacial score (nSPS) is 11.9. The third-order valence-corrected chi connectivity index (χ3v) is 1.22. The van der Waals surface area contributed by atoms with Crippen LogP contribution in [0.3, 0.4) is 0 Å². The first-order valence-electron chi connectivity index (χ1n) is 1.60. The maximum Gasteiger partial charge on any atom is 0.364 e. The van der Waals surface area contributed by atoms with Gasteiger partial charge in [-0.05, 0) is 0 Å². The summed E-state index contributed by atoms with van der Waals surface area (Å²) >= 11 is 0. The molecule has 0 rings (SSSR count). The topological polar surface area (TPSA) is 43.4 Å². The summed E-state index contributed by atoms with van der Waals surface area (Å²) in [6.07, 6.45) is 0.0837. The van der Waals surface area contributed by atoms with E-state index in [1.54, 1.807) is 0 Å². The highest BCUT2D eigenvalue weighted by atomic mass is 31.1. The van der Waals surface area contributed by atoms with Crippen molar-refractivity contribution in [3.63, 3.8) is 0 Å². The Morgan fingerprint density at radius 3 is 2.57 bits per heavy atom. The van der Waals surface area contributed by atoms with E-state index in [4.69, 9.17) is 0 Å². The van der Waals surface area contributed by atoms with Crippen molar-refractivity contribution in [3.8, 4) is 0 Å². The Morgan fingerprint density at radius 1 is 1.86 bits per heavy atom. The molecular formula is C2H5O3P2+. The quantitative estimate of drug-likeness (QED) is 0.558. The largest absolute Gasteiger partial charge is 0.364 e. The molecule has 7 heavy (non-hydrogen) atoms. The maximum atomic E-state index is 10.1. The van der Waals surface area contributed by atoms with Gasteiger partial charge in [0.05, 0.1) is 0 Å². The molecule has 0 bridgehead atoms. The van der Waals surface area contributed by atoms with Crippen molar-refractivity contribution >= 4 is 16.5 Å². The predicted octanol–water partition coefficient (Wildman–Crippen LogP) is 1.62. The van der Waals surface area contributed by atoms with Crippen molar-refractivity contribution in [1.29, 1.82) is 0 Å². The van der Waals surface area contributed by atoms with Crippen LogP contribution in [0.1, 0.15) is 0 Å². The number of rotatable bonds is 3. The van der Waals surface area contributed by atoms with Gasteiger partial charge in [0.1, 0.15) is 6.66 Å². The third kappa shape index (κ3) is 6.16. The second kappa shape index (κ2) is 4.32. The number of hydrogen-bond donors (Lipinski definition) is 0. The summed E-state index contributed by atoms with van der Waals surface area (Å²) in [6.45, 7) is 1.51. The van der Waals surface area contributed by atoms with E-state index in [0.29, 0.717) is 0 Å². The zero-order valence-corrected chi connectivity index (χ0v) is 5.62. The average Bonchev–Trinajstić information content (AvgIpc) is 1.61. The van der Waals surface area contributed by atoms with Gasteiger partial charge in [-0.25, -0.2) is 9.09 Å². The Hall–Kier alpha value is 0.160. The van der Waals surface area contributed by atoms with Gasteiger partial charge in [-0.1, -0.05) is 4.57 Å². The fraction of sp³-hybridized carbons (Fsp3) is 1.00. The standard InChI is InChI=1S/C2H5O3P2/c1-7(4)2-5-6-3/h2H2,1H3/q+1. The highest BCUT2D eigenvalue weighted by Crippen LogP contribution is 2.15. The molecule has 0 fully saturated rings. The molecule has 0 aliphatic heterocycles. The fourth-order valence-corrected chi connectivity index (χ4v) is 0.944. The molecule has 0 saturated carbocycles. The van der Waals surface area contributed by atoms with Gasteiger partial charge in [-0.15, -0.1) is 0 Å². The van der Waals surface area contributed by atoms with Gasteiger partial charge in [0.15, 0.2) is 0 Å². The minimum atomic E-state index is -1.29. The Kier molecular flexibility index (Phi) is 4.42. The maximum absolute atomic E-state index is 10.1. The highest BCUT2D eigenvalue weighted by molar-refractivity contribution is 7.43. The minimum absolute atomic E-state index is 0.0837. The van der Waals surface area contributed by atoms with Crippen LogP contribution >= 0.6 is 16.5 Å². The lowest BCUT2D eigenvalue weighted by molar-refractivity contribution is 0.403. The molecule has 0 heterocycles. The SMILES string of the molecule is C[P+](=O)COP=O. The van der Waals surface area contributed by atoms with E-state index < -0.39 is 16.5 Å². The number of hydrogen-bond acceptors (Lipinski definition) is 3. The van der Waals surface area contributed by atoms with Gasteiger partial charge in [-0.2, -0.15) is 0 Å². The Morgan fingerprint density at radius 2 is 2.43 bits per heavy atom. The summed E-state index contributed by atoms with van der Waals surface area (Å²) in [4.78, 5) is 0. The lowest BCUT2D eigenvalue weighted by Gasteiger charge is -1.71. The Balaban J connectivity index is 2.97. The average molecular weight is 139 g/mol. The van der Waals surface area contributed by atoms with Crippen LogP contribution in [0.15, 0.2) is 0 Å². The van der Waals surface area contributed by atoms with Crippen LogP contribution in [-0.2, 0) is 13.7 Å². The van der Waals surface area contributed by atoms with Crippen molar-refractivity contribution in [3.05, 3.63) is 0 Å². The Bertz CT molecular complexity index is 81.0. The predicted molar refractivity (Wildman–Crippen MR) is 27.1 cm³/mol. The fourth-order valence-electron chi connectivity index (χ4n) is 0.105. The van der Waals surface area contributed by atoms with E-state index in [1.807, 2.05) is 0 Å². The summed E-state index contributed by atoms with van der Waals surface area (Å²) in [6, 6.07) is 0. The molecule has 1 unspecified atom stereocenters. The van der Waals surface area contributed by atoms with Crippen molar-refractivity contribution in [2.75, 3.05) is 13.0 Å². The van der Waals surface area contributed by atoms with E-state index in [1.165, 1.54) is 6.66 Å². The van der Waals surface area contributed by atoms with Crippen LogP contribution in [0, 0.1) is 0 Å². The molecule has 0 aliphatic rings. The summed E-state index contributed by atoms with van der Waals surface area (Å²) in [5.41, 5.74) is 0. The molecule has 5 heteroatoms. The summed E-state index contributed by atoms with van der Waals surface area (Å²) in [7, 11) is -1.68. The zero-order chi connectivity index (χ0) is 5.70. The lowest BCUT2D eigenvalue weighted by atomic mass is 11.7. The molecule has 0 aromatic rings. The first-order valence-corrected chi connectivity index (χ1v) is 4.22. The first kappa shape index (κ1) is 7.16. The Labute approximate surface area is 44.1 Å².